The number of rotatable bonds is 5. The minimum absolute atomic E-state index is 0.488. The van der Waals surface area contributed by atoms with Gasteiger partial charge in [0.05, 0.1) is 0 Å². The van der Waals surface area contributed by atoms with Gasteiger partial charge in [-0.2, -0.15) is 0 Å². The zero-order valence-corrected chi connectivity index (χ0v) is 13.0. The van der Waals surface area contributed by atoms with Gasteiger partial charge >= 0.3 is 0 Å². The number of hydrogen-bond donors (Lipinski definition) is 1. The molecule has 0 aromatic heterocycles. The largest absolute Gasteiger partial charge is 0.314 e. The van der Waals surface area contributed by atoms with Crippen LogP contribution >= 0.6 is 0 Å². The summed E-state index contributed by atoms with van der Waals surface area (Å²) in [6, 6.07) is 20.1. The highest BCUT2D eigenvalue weighted by Crippen LogP contribution is 2.22. The fraction of sp³-hybridized carbons (Fsp3) is 0.300. The summed E-state index contributed by atoms with van der Waals surface area (Å²) in [7, 11) is 0. The fourth-order valence-electron chi connectivity index (χ4n) is 3.11. The number of nitrogens with zero attached hydrogens (tertiary/aromatic N) is 1. The molecule has 2 aromatic carbocycles. The molecule has 3 rings (SSSR count). The van der Waals surface area contributed by atoms with Crippen LogP contribution in [0.1, 0.15) is 22.7 Å². The van der Waals surface area contributed by atoms with Crippen LogP contribution in [0.4, 0.5) is 0 Å². The van der Waals surface area contributed by atoms with Gasteiger partial charge in [-0.1, -0.05) is 67.3 Å². The van der Waals surface area contributed by atoms with Crippen molar-refractivity contribution >= 4 is 6.08 Å². The highest BCUT2D eigenvalue weighted by Gasteiger charge is 2.22. The lowest BCUT2D eigenvalue weighted by molar-refractivity contribution is 0.164. The average molecular weight is 292 g/mol. The molecule has 2 heteroatoms. The van der Waals surface area contributed by atoms with Crippen LogP contribution in [-0.4, -0.2) is 31.1 Å². The molecule has 1 aliphatic rings. The van der Waals surface area contributed by atoms with E-state index < -0.39 is 0 Å². The smallest absolute Gasteiger partial charge is 0.0473 e. The van der Waals surface area contributed by atoms with E-state index in [2.05, 4.69) is 71.4 Å². The van der Waals surface area contributed by atoms with Crippen molar-refractivity contribution < 1.29 is 0 Å². The highest BCUT2D eigenvalue weighted by molar-refractivity contribution is 5.47. The van der Waals surface area contributed by atoms with Crippen LogP contribution in [0.3, 0.4) is 0 Å². The maximum atomic E-state index is 3.81. The predicted octanol–water partition coefficient (Wildman–Crippen LogP) is 3.52. The molecule has 1 unspecified atom stereocenters. The maximum Gasteiger partial charge on any atom is 0.0473 e. The van der Waals surface area contributed by atoms with E-state index in [0.29, 0.717) is 6.04 Å². The summed E-state index contributed by atoms with van der Waals surface area (Å²) >= 11 is 0. The first-order valence-corrected chi connectivity index (χ1v) is 8.08. The topological polar surface area (TPSA) is 15.3 Å². The van der Waals surface area contributed by atoms with Gasteiger partial charge < -0.3 is 5.32 Å². The Balaban J connectivity index is 1.65. The molecule has 1 aliphatic heterocycles. The van der Waals surface area contributed by atoms with Crippen LogP contribution in [0.2, 0.25) is 0 Å². The molecule has 0 bridgehead atoms. The third kappa shape index (κ3) is 3.65. The van der Waals surface area contributed by atoms with Gasteiger partial charge in [-0.05, 0) is 23.1 Å². The molecule has 2 nitrogen and oxygen atoms in total. The molecule has 22 heavy (non-hydrogen) atoms. The molecule has 0 saturated carbocycles. The van der Waals surface area contributed by atoms with Crippen LogP contribution in [0.15, 0.2) is 61.2 Å². The molecule has 114 valence electrons. The fourth-order valence-corrected chi connectivity index (χ4v) is 3.11. The zero-order valence-electron chi connectivity index (χ0n) is 13.0. The first-order valence-electron chi connectivity index (χ1n) is 8.08. The Hall–Kier alpha value is -1.90. The molecule has 2 aromatic rings. The second-order valence-electron chi connectivity index (χ2n) is 5.86. The normalized spacial score (nSPS) is 19.0. The Morgan fingerprint density at radius 3 is 2.59 bits per heavy atom. The molecule has 0 amide bonds. The van der Waals surface area contributed by atoms with E-state index in [4.69, 9.17) is 0 Å². The van der Waals surface area contributed by atoms with Crippen molar-refractivity contribution in [1.29, 1.82) is 0 Å². The average Bonchev–Trinajstić information content (AvgIpc) is 2.61. The van der Waals surface area contributed by atoms with Crippen molar-refractivity contribution in [3.05, 3.63) is 77.9 Å². The Bertz CT molecular complexity index is 589. The van der Waals surface area contributed by atoms with E-state index in [-0.39, 0.29) is 0 Å². The predicted molar refractivity (Wildman–Crippen MR) is 93.9 cm³/mol. The molecular formula is C20H24N2. The molecule has 1 N–H and O–H groups in total. The monoisotopic (exact) mass is 292 g/mol. The summed E-state index contributed by atoms with van der Waals surface area (Å²) < 4.78 is 0. The van der Waals surface area contributed by atoms with Gasteiger partial charge in [0.25, 0.3) is 0 Å². The number of benzene rings is 2. The Morgan fingerprint density at radius 1 is 1.09 bits per heavy atom. The van der Waals surface area contributed by atoms with E-state index >= 15 is 0 Å². The van der Waals surface area contributed by atoms with E-state index in [0.717, 1.165) is 32.6 Å². The zero-order chi connectivity index (χ0) is 15.2. The Morgan fingerprint density at radius 2 is 1.86 bits per heavy atom. The minimum atomic E-state index is 0.488. The Labute approximate surface area is 133 Å². The lowest BCUT2D eigenvalue weighted by Gasteiger charge is -2.36. The number of hydrogen-bond acceptors (Lipinski definition) is 2. The minimum Gasteiger partial charge on any atom is -0.314 e. The van der Waals surface area contributed by atoms with Gasteiger partial charge in [0, 0.05) is 32.2 Å². The molecule has 1 atom stereocenters. The van der Waals surface area contributed by atoms with E-state index in [9.17, 15) is 0 Å². The third-order valence-corrected chi connectivity index (χ3v) is 4.44. The van der Waals surface area contributed by atoms with Gasteiger partial charge in [-0.25, -0.2) is 0 Å². The van der Waals surface area contributed by atoms with Crippen LogP contribution in [0.5, 0.6) is 0 Å². The molecule has 0 radical (unpaired) electrons. The van der Waals surface area contributed by atoms with Crippen molar-refractivity contribution in [1.82, 2.24) is 10.2 Å². The van der Waals surface area contributed by atoms with Gasteiger partial charge in [-0.15, -0.1) is 0 Å². The van der Waals surface area contributed by atoms with Crippen molar-refractivity contribution in [2.24, 2.45) is 0 Å². The number of piperazine rings is 1. The van der Waals surface area contributed by atoms with Crippen LogP contribution in [0.25, 0.3) is 6.08 Å². The van der Waals surface area contributed by atoms with Crippen molar-refractivity contribution in [2.45, 2.75) is 12.5 Å². The molecule has 1 heterocycles. The van der Waals surface area contributed by atoms with Crippen LogP contribution in [-0.2, 0) is 6.42 Å². The van der Waals surface area contributed by atoms with E-state index in [1.54, 1.807) is 0 Å². The number of nitrogens with one attached hydrogen (secondary N) is 1. The molecule has 0 spiro atoms. The lowest BCUT2D eigenvalue weighted by atomic mass is 10.0. The van der Waals surface area contributed by atoms with Gasteiger partial charge in [-0.3, -0.25) is 4.90 Å². The molecule has 1 fully saturated rings. The summed E-state index contributed by atoms with van der Waals surface area (Å²) in [5, 5.41) is 3.52. The van der Waals surface area contributed by atoms with Gasteiger partial charge in [0.15, 0.2) is 0 Å². The van der Waals surface area contributed by atoms with Crippen molar-refractivity contribution in [3.8, 4) is 0 Å². The first kappa shape index (κ1) is 15.0. The molecule has 1 saturated heterocycles. The van der Waals surface area contributed by atoms with Crippen LogP contribution in [0, 0.1) is 0 Å². The lowest BCUT2D eigenvalue weighted by Crippen LogP contribution is -2.46. The summed E-state index contributed by atoms with van der Waals surface area (Å²) in [6.45, 7) is 8.15. The molecule has 0 aliphatic carbocycles. The van der Waals surface area contributed by atoms with E-state index in [1.165, 1.54) is 16.7 Å². The quantitative estimate of drug-likeness (QED) is 0.907. The Kier molecular flexibility index (Phi) is 5.04. The van der Waals surface area contributed by atoms with Crippen molar-refractivity contribution in [3.63, 3.8) is 0 Å². The highest BCUT2D eigenvalue weighted by atomic mass is 15.2. The summed E-state index contributed by atoms with van der Waals surface area (Å²) in [4.78, 5) is 2.60. The maximum absolute atomic E-state index is 3.81. The van der Waals surface area contributed by atoms with Crippen LogP contribution < -0.4 is 5.32 Å². The summed E-state index contributed by atoms with van der Waals surface area (Å²) in [5.41, 5.74) is 4.00. The second kappa shape index (κ2) is 7.39. The first-order chi connectivity index (χ1) is 10.9. The third-order valence-electron chi connectivity index (χ3n) is 4.44. The SMILES string of the molecule is C=Cc1ccc(CCN2CCNCC2c2ccccc2)cc1. The summed E-state index contributed by atoms with van der Waals surface area (Å²) in [6.07, 6.45) is 2.99. The van der Waals surface area contributed by atoms with E-state index in [1.807, 2.05) is 6.08 Å². The van der Waals surface area contributed by atoms with Crippen molar-refractivity contribution in [2.75, 3.05) is 26.2 Å². The second-order valence-corrected chi connectivity index (χ2v) is 5.86. The van der Waals surface area contributed by atoms with Gasteiger partial charge in [0.2, 0.25) is 0 Å². The summed E-state index contributed by atoms with van der Waals surface area (Å²) in [5.74, 6) is 0. The van der Waals surface area contributed by atoms with Gasteiger partial charge in [0.1, 0.15) is 0 Å². The standard InChI is InChI=1S/C20H24N2/c1-2-17-8-10-18(11-9-17)12-14-22-15-13-21-16-20(22)19-6-4-3-5-7-19/h2-11,20-21H,1,12-16H2. The molecular weight excluding hydrogens is 268 g/mol.